The average Bonchev–Trinajstić information content (AvgIpc) is 3.09. The second kappa shape index (κ2) is 6.94. The third kappa shape index (κ3) is 3.30. The molecule has 3 aromatic rings. The van der Waals surface area contributed by atoms with Gasteiger partial charge in [0, 0.05) is 22.3 Å². The zero-order chi connectivity index (χ0) is 17.2. The van der Waals surface area contributed by atoms with Gasteiger partial charge in [-0.15, -0.1) is 0 Å². The number of hydrogen-bond donors (Lipinski definition) is 0. The summed E-state index contributed by atoms with van der Waals surface area (Å²) in [6.07, 6.45) is 7.46. The lowest BCUT2D eigenvalue weighted by atomic mass is 10.0. The summed E-state index contributed by atoms with van der Waals surface area (Å²) in [6, 6.07) is 10.3. The summed E-state index contributed by atoms with van der Waals surface area (Å²) in [7, 11) is 2.17. The predicted octanol–water partition coefficient (Wildman–Crippen LogP) is 3.93. The highest BCUT2D eigenvalue weighted by Gasteiger charge is 2.24. The van der Waals surface area contributed by atoms with Gasteiger partial charge in [0.05, 0.1) is 23.6 Å². The van der Waals surface area contributed by atoms with E-state index in [1.165, 1.54) is 0 Å². The van der Waals surface area contributed by atoms with Crippen LogP contribution in [0.2, 0.25) is 5.02 Å². The van der Waals surface area contributed by atoms with Crippen molar-refractivity contribution in [2.75, 3.05) is 20.1 Å². The van der Waals surface area contributed by atoms with Gasteiger partial charge in [-0.25, -0.2) is 9.97 Å². The number of aromatic nitrogens is 4. The number of halogens is 1. The van der Waals surface area contributed by atoms with Crippen molar-refractivity contribution < 1.29 is 0 Å². The molecule has 5 nitrogen and oxygen atoms in total. The van der Waals surface area contributed by atoms with Crippen LogP contribution in [0.5, 0.6) is 0 Å². The molecule has 2 aromatic heterocycles. The molecule has 0 bridgehead atoms. The van der Waals surface area contributed by atoms with Crippen molar-refractivity contribution in [2.45, 2.75) is 18.9 Å². The molecule has 0 N–H and O–H groups in total. The number of likely N-dealkylation sites (tertiary alicyclic amines) is 1. The summed E-state index contributed by atoms with van der Waals surface area (Å²) in [4.78, 5) is 10.8. The molecule has 0 radical (unpaired) electrons. The largest absolute Gasteiger partial charge is 0.306 e. The van der Waals surface area contributed by atoms with Gasteiger partial charge in [0.1, 0.15) is 6.33 Å². The molecule has 0 atom stereocenters. The van der Waals surface area contributed by atoms with Gasteiger partial charge in [-0.3, -0.25) is 4.68 Å². The zero-order valence-corrected chi connectivity index (χ0v) is 14.9. The Balaban J connectivity index is 1.82. The number of nitrogens with zero attached hydrogens (tertiary/aromatic N) is 5. The van der Waals surface area contributed by atoms with E-state index in [1.807, 2.05) is 24.4 Å². The van der Waals surface area contributed by atoms with Gasteiger partial charge in [-0.2, -0.15) is 5.10 Å². The molecule has 4 rings (SSSR count). The second-order valence-electron chi connectivity index (χ2n) is 6.49. The first-order chi connectivity index (χ1) is 12.2. The fraction of sp³-hybridized carbons (Fsp3) is 0.316. The van der Waals surface area contributed by atoms with Crippen LogP contribution in [0.4, 0.5) is 0 Å². The highest BCUT2D eigenvalue weighted by molar-refractivity contribution is 6.30. The van der Waals surface area contributed by atoms with Crippen LogP contribution < -0.4 is 0 Å². The lowest BCUT2D eigenvalue weighted by Gasteiger charge is -2.30. The maximum atomic E-state index is 6.09. The Kier molecular flexibility index (Phi) is 4.51. The van der Waals surface area contributed by atoms with Crippen LogP contribution in [-0.2, 0) is 0 Å². The molecule has 0 amide bonds. The molecule has 1 saturated heterocycles. The smallest absolute Gasteiger partial charge is 0.116 e. The van der Waals surface area contributed by atoms with Crippen LogP contribution in [0.15, 0.2) is 49.1 Å². The van der Waals surface area contributed by atoms with Crippen LogP contribution >= 0.6 is 11.6 Å². The van der Waals surface area contributed by atoms with Crippen LogP contribution in [0.25, 0.3) is 22.5 Å². The second-order valence-corrected chi connectivity index (χ2v) is 6.92. The van der Waals surface area contributed by atoms with E-state index in [0.717, 1.165) is 53.5 Å². The number of rotatable bonds is 3. The van der Waals surface area contributed by atoms with Gasteiger partial charge in [0.2, 0.25) is 0 Å². The Bertz CT molecular complexity index is 836. The molecule has 1 aliphatic rings. The maximum Gasteiger partial charge on any atom is 0.116 e. The number of hydrogen-bond acceptors (Lipinski definition) is 4. The van der Waals surface area contributed by atoms with Gasteiger partial charge >= 0.3 is 0 Å². The summed E-state index contributed by atoms with van der Waals surface area (Å²) < 4.78 is 2.17. The van der Waals surface area contributed by atoms with Gasteiger partial charge in [-0.05, 0) is 51.2 Å². The third-order valence-electron chi connectivity index (χ3n) is 4.80. The van der Waals surface area contributed by atoms with Crippen molar-refractivity contribution in [2.24, 2.45) is 0 Å². The van der Waals surface area contributed by atoms with E-state index in [4.69, 9.17) is 16.7 Å². The normalized spacial score (nSPS) is 16.2. The third-order valence-corrected chi connectivity index (χ3v) is 5.06. The summed E-state index contributed by atoms with van der Waals surface area (Å²) in [5, 5.41) is 5.48. The summed E-state index contributed by atoms with van der Waals surface area (Å²) >= 11 is 6.09. The van der Waals surface area contributed by atoms with Gasteiger partial charge in [0.25, 0.3) is 0 Å². The molecular formula is C19H20ClN5. The Morgan fingerprint density at radius 1 is 1.08 bits per heavy atom. The molecule has 6 heteroatoms. The Hall–Kier alpha value is -2.24. The van der Waals surface area contributed by atoms with E-state index in [9.17, 15) is 0 Å². The highest BCUT2D eigenvalue weighted by atomic mass is 35.5. The summed E-state index contributed by atoms with van der Waals surface area (Å²) in [5.74, 6) is 0. The average molecular weight is 354 g/mol. The number of benzene rings is 1. The van der Waals surface area contributed by atoms with Crippen LogP contribution in [-0.4, -0.2) is 44.8 Å². The van der Waals surface area contributed by atoms with E-state index < -0.39 is 0 Å². The first-order valence-electron chi connectivity index (χ1n) is 8.51. The topological polar surface area (TPSA) is 46.8 Å². The minimum atomic E-state index is 0.400. The summed E-state index contributed by atoms with van der Waals surface area (Å²) in [5.41, 5.74) is 4.13. The van der Waals surface area contributed by atoms with Crippen molar-refractivity contribution >= 4 is 11.6 Å². The van der Waals surface area contributed by atoms with Crippen LogP contribution in [0.1, 0.15) is 18.9 Å². The maximum absolute atomic E-state index is 6.09. The highest BCUT2D eigenvalue weighted by Crippen LogP contribution is 2.35. The minimum Gasteiger partial charge on any atom is -0.306 e. The fourth-order valence-corrected chi connectivity index (χ4v) is 3.54. The first-order valence-corrected chi connectivity index (χ1v) is 8.88. The van der Waals surface area contributed by atoms with E-state index in [1.54, 1.807) is 12.5 Å². The molecule has 3 heterocycles. The predicted molar refractivity (Wildman–Crippen MR) is 99.5 cm³/mol. The Morgan fingerprint density at radius 3 is 2.52 bits per heavy atom. The van der Waals surface area contributed by atoms with E-state index in [0.29, 0.717) is 6.04 Å². The quantitative estimate of drug-likeness (QED) is 0.715. The molecule has 0 spiro atoms. The first kappa shape index (κ1) is 16.2. The molecule has 1 fully saturated rings. The molecule has 0 aliphatic carbocycles. The lowest BCUT2D eigenvalue weighted by Crippen LogP contribution is -2.32. The van der Waals surface area contributed by atoms with E-state index in [2.05, 4.69) is 38.7 Å². The van der Waals surface area contributed by atoms with E-state index >= 15 is 0 Å². The standard InChI is InChI=1S/C19H20ClN5/c1-24-10-7-16(8-11-24)25-19(14-2-4-15(20)5-3-14)17(12-23-25)18-6-9-21-13-22-18/h2-6,9,12-13,16H,7-8,10-11H2,1H3. The Labute approximate surface area is 152 Å². The zero-order valence-electron chi connectivity index (χ0n) is 14.1. The fourth-order valence-electron chi connectivity index (χ4n) is 3.41. The molecule has 128 valence electrons. The van der Waals surface area contributed by atoms with Crippen molar-refractivity contribution in [1.82, 2.24) is 24.6 Å². The van der Waals surface area contributed by atoms with Crippen LogP contribution in [0, 0.1) is 0 Å². The molecule has 0 saturated carbocycles. The SMILES string of the molecule is CN1CCC(n2ncc(-c3ccncn3)c2-c2ccc(Cl)cc2)CC1. The number of piperidine rings is 1. The molecule has 25 heavy (non-hydrogen) atoms. The molecule has 0 unspecified atom stereocenters. The monoisotopic (exact) mass is 353 g/mol. The van der Waals surface area contributed by atoms with Gasteiger partial charge in [0.15, 0.2) is 0 Å². The van der Waals surface area contributed by atoms with Crippen molar-refractivity contribution in [1.29, 1.82) is 0 Å². The minimum absolute atomic E-state index is 0.400. The van der Waals surface area contributed by atoms with Crippen molar-refractivity contribution in [3.8, 4) is 22.5 Å². The van der Waals surface area contributed by atoms with Crippen LogP contribution in [0.3, 0.4) is 0 Å². The van der Waals surface area contributed by atoms with Gasteiger partial charge in [-0.1, -0.05) is 23.7 Å². The summed E-state index contributed by atoms with van der Waals surface area (Å²) in [6.45, 7) is 2.18. The molecule has 1 aliphatic heterocycles. The molecule has 1 aromatic carbocycles. The van der Waals surface area contributed by atoms with E-state index in [-0.39, 0.29) is 0 Å². The molecular weight excluding hydrogens is 334 g/mol. The Morgan fingerprint density at radius 2 is 1.84 bits per heavy atom. The van der Waals surface area contributed by atoms with Gasteiger partial charge < -0.3 is 4.90 Å². The van der Waals surface area contributed by atoms with Crippen molar-refractivity contribution in [3.05, 3.63) is 54.1 Å². The van der Waals surface area contributed by atoms with Crippen molar-refractivity contribution in [3.63, 3.8) is 0 Å². The lowest BCUT2D eigenvalue weighted by molar-refractivity contribution is 0.213.